The maximum Gasteiger partial charge on any atom is 0.249 e. The molecule has 144 valence electrons. The molecule has 1 aliphatic heterocycles. The Labute approximate surface area is 155 Å². The fraction of sp³-hybridized carbons (Fsp3) is 0.579. The van der Waals surface area contributed by atoms with E-state index in [9.17, 15) is 9.59 Å². The third-order valence-electron chi connectivity index (χ3n) is 4.38. The second-order valence-electron chi connectivity index (χ2n) is 6.30. The van der Waals surface area contributed by atoms with Gasteiger partial charge in [0.15, 0.2) is 0 Å². The number of hydrogen-bond donors (Lipinski definition) is 2. The summed E-state index contributed by atoms with van der Waals surface area (Å²) in [4.78, 5) is 26.3. The lowest BCUT2D eigenvalue weighted by molar-refractivity contribution is -0.131. The zero-order valence-electron chi connectivity index (χ0n) is 15.6. The predicted molar refractivity (Wildman–Crippen MR) is 99.9 cm³/mol. The molecule has 0 aromatic heterocycles. The number of carbonyl (C=O) groups is 2. The Morgan fingerprint density at radius 1 is 1.31 bits per heavy atom. The van der Waals surface area contributed by atoms with E-state index in [-0.39, 0.29) is 11.8 Å². The van der Waals surface area contributed by atoms with Crippen molar-refractivity contribution in [1.29, 1.82) is 0 Å². The molecular weight excluding hydrogens is 334 g/mol. The van der Waals surface area contributed by atoms with Gasteiger partial charge in [0.05, 0.1) is 13.2 Å². The number of morpholine rings is 1. The second kappa shape index (κ2) is 10.9. The number of methoxy groups -OCH3 is 1. The summed E-state index contributed by atoms with van der Waals surface area (Å²) in [6, 6.07) is 7.51. The summed E-state index contributed by atoms with van der Waals surface area (Å²) in [5.74, 6) is -0.141. The average Bonchev–Trinajstić information content (AvgIpc) is 2.67. The van der Waals surface area contributed by atoms with Gasteiger partial charge in [0.2, 0.25) is 11.8 Å². The average molecular weight is 363 g/mol. The van der Waals surface area contributed by atoms with E-state index in [0.29, 0.717) is 19.4 Å². The molecule has 0 spiro atoms. The Morgan fingerprint density at radius 3 is 2.77 bits per heavy atom. The van der Waals surface area contributed by atoms with Crippen molar-refractivity contribution >= 4 is 17.5 Å². The minimum absolute atomic E-state index is 0.0110. The van der Waals surface area contributed by atoms with Crippen molar-refractivity contribution in [2.45, 2.75) is 32.4 Å². The normalized spacial score (nSPS) is 16.1. The number of benzene rings is 1. The van der Waals surface area contributed by atoms with E-state index in [1.54, 1.807) is 0 Å². The SMILES string of the molecule is CCC(OC)C(=O)NCc1cccc(NC(=O)CCN2CCOCC2)c1. The van der Waals surface area contributed by atoms with Gasteiger partial charge in [-0.3, -0.25) is 14.5 Å². The smallest absolute Gasteiger partial charge is 0.249 e. The fourth-order valence-corrected chi connectivity index (χ4v) is 2.83. The van der Waals surface area contributed by atoms with Crippen LogP contribution in [0.5, 0.6) is 0 Å². The molecule has 7 heteroatoms. The van der Waals surface area contributed by atoms with Crippen molar-refractivity contribution in [1.82, 2.24) is 10.2 Å². The highest BCUT2D eigenvalue weighted by atomic mass is 16.5. The van der Waals surface area contributed by atoms with Gasteiger partial charge < -0.3 is 20.1 Å². The van der Waals surface area contributed by atoms with Crippen LogP contribution in [-0.2, 0) is 25.6 Å². The fourth-order valence-electron chi connectivity index (χ4n) is 2.83. The molecule has 1 aromatic rings. The lowest BCUT2D eigenvalue weighted by Gasteiger charge is -2.26. The molecule has 26 heavy (non-hydrogen) atoms. The van der Waals surface area contributed by atoms with Crippen LogP contribution in [0.2, 0.25) is 0 Å². The van der Waals surface area contributed by atoms with Crippen LogP contribution < -0.4 is 10.6 Å². The number of hydrogen-bond acceptors (Lipinski definition) is 5. The van der Waals surface area contributed by atoms with Gasteiger partial charge in [0.1, 0.15) is 6.10 Å². The molecule has 1 unspecified atom stereocenters. The highest BCUT2D eigenvalue weighted by Gasteiger charge is 2.15. The first-order valence-corrected chi connectivity index (χ1v) is 9.11. The first-order valence-electron chi connectivity index (χ1n) is 9.11. The maximum absolute atomic E-state index is 12.1. The minimum atomic E-state index is -0.432. The van der Waals surface area contributed by atoms with Crippen molar-refractivity contribution in [3.63, 3.8) is 0 Å². The van der Waals surface area contributed by atoms with Gasteiger partial charge >= 0.3 is 0 Å². The quantitative estimate of drug-likeness (QED) is 0.693. The Morgan fingerprint density at radius 2 is 2.08 bits per heavy atom. The number of rotatable bonds is 9. The topological polar surface area (TPSA) is 79.9 Å². The van der Waals surface area contributed by atoms with Gasteiger partial charge in [0, 0.05) is 45.4 Å². The van der Waals surface area contributed by atoms with Gasteiger partial charge in [-0.2, -0.15) is 0 Å². The van der Waals surface area contributed by atoms with Crippen LogP contribution in [0, 0.1) is 0 Å². The van der Waals surface area contributed by atoms with E-state index in [0.717, 1.165) is 44.1 Å². The first-order chi connectivity index (χ1) is 12.6. The van der Waals surface area contributed by atoms with Gasteiger partial charge in [0.25, 0.3) is 0 Å². The van der Waals surface area contributed by atoms with Crippen LogP contribution >= 0.6 is 0 Å². The van der Waals surface area contributed by atoms with Gasteiger partial charge in [-0.25, -0.2) is 0 Å². The summed E-state index contributed by atoms with van der Waals surface area (Å²) in [5.41, 5.74) is 1.66. The van der Waals surface area contributed by atoms with Gasteiger partial charge in [-0.15, -0.1) is 0 Å². The van der Waals surface area contributed by atoms with Crippen molar-refractivity contribution in [2.24, 2.45) is 0 Å². The molecule has 0 bridgehead atoms. The van der Waals surface area contributed by atoms with E-state index >= 15 is 0 Å². The van der Waals surface area contributed by atoms with E-state index in [1.165, 1.54) is 7.11 Å². The van der Waals surface area contributed by atoms with Crippen LogP contribution in [0.4, 0.5) is 5.69 Å². The number of nitrogens with zero attached hydrogens (tertiary/aromatic N) is 1. The van der Waals surface area contributed by atoms with Crippen molar-refractivity contribution in [2.75, 3.05) is 45.3 Å². The summed E-state index contributed by atoms with van der Waals surface area (Å²) in [6.45, 7) is 6.26. The largest absolute Gasteiger partial charge is 0.379 e. The molecule has 1 fully saturated rings. The van der Waals surface area contributed by atoms with Gasteiger partial charge in [-0.1, -0.05) is 19.1 Å². The monoisotopic (exact) mass is 363 g/mol. The minimum Gasteiger partial charge on any atom is -0.379 e. The standard InChI is InChI=1S/C19H29N3O4/c1-3-17(25-2)19(24)20-14-15-5-4-6-16(13-15)21-18(23)7-8-22-9-11-26-12-10-22/h4-6,13,17H,3,7-12,14H2,1-2H3,(H,20,24)(H,21,23). The Hall–Kier alpha value is -1.96. The van der Waals surface area contributed by atoms with Crippen LogP contribution in [0.3, 0.4) is 0 Å². The molecule has 0 aliphatic carbocycles. The summed E-state index contributed by atoms with van der Waals surface area (Å²) in [7, 11) is 1.53. The summed E-state index contributed by atoms with van der Waals surface area (Å²) >= 11 is 0. The maximum atomic E-state index is 12.1. The molecule has 2 rings (SSSR count). The van der Waals surface area contributed by atoms with Gasteiger partial charge in [-0.05, 0) is 24.1 Å². The van der Waals surface area contributed by atoms with Crippen LogP contribution in [0.1, 0.15) is 25.3 Å². The van der Waals surface area contributed by atoms with Crippen LogP contribution in [-0.4, -0.2) is 62.8 Å². The molecule has 2 N–H and O–H groups in total. The van der Waals surface area contributed by atoms with Crippen molar-refractivity contribution < 1.29 is 19.1 Å². The molecule has 2 amide bonds. The second-order valence-corrected chi connectivity index (χ2v) is 6.30. The number of carbonyl (C=O) groups excluding carboxylic acids is 2. The Balaban J connectivity index is 1.78. The van der Waals surface area contributed by atoms with Crippen LogP contribution in [0.15, 0.2) is 24.3 Å². The molecule has 1 heterocycles. The van der Waals surface area contributed by atoms with E-state index in [4.69, 9.17) is 9.47 Å². The van der Waals surface area contributed by atoms with E-state index in [1.807, 2.05) is 31.2 Å². The molecular formula is C19H29N3O4. The summed E-state index contributed by atoms with van der Waals surface area (Å²) < 4.78 is 10.4. The predicted octanol–water partition coefficient (Wildman–Crippen LogP) is 1.39. The third kappa shape index (κ3) is 6.74. The number of ether oxygens (including phenoxy) is 2. The molecule has 1 atom stereocenters. The zero-order chi connectivity index (χ0) is 18.8. The van der Waals surface area contributed by atoms with Crippen LogP contribution in [0.25, 0.3) is 0 Å². The molecule has 1 aliphatic rings. The number of nitrogens with one attached hydrogen (secondary N) is 2. The highest BCUT2D eigenvalue weighted by Crippen LogP contribution is 2.11. The molecule has 0 saturated carbocycles. The lowest BCUT2D eigenvalue weighted by Crippen LogP contribution is -2.38. The van der Waals surface area contributed by atoms with E-state index in [2.05, 4.69) is 15.5 Å². The van der Waals surface area contributed by atoms with Crippen molar-refractivity contribution in [3.8, 4) is 0 Å². The Kier molecular flexibility index (Phi) is 8.53. The summed E-state index contributed by atoms with van der Waals surface area (Å²) in [5, 5.41) is 5.77. The number of amides is 2. The molecule has 1 aromatic carbocycles. The first kappa shape index (κ1) is 20.4. The molecule has 0 radical (unpaired) electrons. The highest BCUT2D eigenvalue weighted by molar-refractivity contribution is 5.90. The lowest BCUT2D eigenvalue weighted by atomic mass is 10.2. The van der Waals surface area contributed by atoms with Crippen molar-refractivity contribution in [3.05, 3.63) is 29.8 Å². The molecule has 7 nitrogen and oxygen atoms in total. The Bertz CT molecular complexity index is 584. The van der Waals surface area contributed by atoms with E-state index < -0.39 is 6.10 Å². The number of anilines is 1. The zero-order valence-corrected chi connectivity index (χ0v) is 15.6. The summed E-state index contributed by atoms with van der Waals surface area (Å²) in [6.07, 6.45) is 0.646. The molecule has 1 saturated heterocycles. The third-order valence-corrected chi connectivity index (χ3v) is 4.38.